The van der Waals surface area contributed by atoms with Crippen molar-refractivity contribution in [2.24, 2.45) is 5.41 Å². The van der Waals surface area contributed by atoms with Gasteiger partial charge in [0.25, 0.3) is 6.29 Å². The smallest absolute Gasteiger partial charge is 0.335 e. The fourth-order valence-electron chi connectivity index (χ4n) is 1.97. The molecule has 123 valence electrons. The SMILES string of the molecule is [CH2]COCC(OOC(C)(C)CC(C)(C)C)OC(=O)C(=C)C. The van der Waals surface area contributed by atoms with Crippen molar-refractivity contribution in [3.8, 4) is 0 Å². The Labute approximate surface area is 128 Å². The van der Waals surface area contributed by atoms with E-state index >= 15 is 0 Å². The molecule has 0 bridgehead atoms. The van der Waals surface area contributed by atoms with Crippen LogP contribution < -0.4 is 0 Å². The number of rotatable bonds is 9. The number of hydrogen-bond acceptors (Lipinski definition) is 5. The van der Waals surface area contributed by atoms with Gasteiger partial charge in [0.15, 0.2) is 0 Å². The number of hydrogen-bond donors (Lipinski definition) is 0. The Balaban J connectivity index is 4.52. The van der Waals surface area contributed by atoms with E-state index in [0.717, 1.165) is 6.42 Å². The van der Waals surface area contributed by atoms with Gasteiger partial charge in [-0.15, -0.1) is 0 Å². The molecular formula is C16H29O5. The minimum atomic E-state index is -0.949. The molecule has 5 nitrogen and oxygen atoms in total. The lowest BCUT2D eigenvalue weighted by atomic mass is 9.84. The van der Waals surface area contributed by atoms with Gasteiger partial charge in [0.2, 0.25) is 0 Å². The van der Waals surface area contributed by atoms with Gasteiger partial charge in [0.05, 0.1) is 5.60 Å². The highest BCUT2D eigenvalue weighted by molar-refractivity contribution is 5.87. The van der Waals surface area contributed by atoms with E-state index < -0.39 is 17.9 Å². The van der Waals surface area contributed by atoms with Crippen LogP contribution in [0.3, 0.4) is 0 Å². The second-order valence-electron chi connectivity index (χ2n) is 6.87. The van der Waals surface area contributed by atoms with E-state index in [9.17, 15) is 4.79 Å². The maximum absolute atomic E-state index is 11.5. The summed E-state index contributed by atoms with van der Waals surface area (Å²) in [6.45, 7) is 19.1. The van der Waals surface area contributed by atoms with Gasteiger partial charge in [0.1, 0.15) is 6.61 Å². The molecule has 0 spiro atoms. The Morgan fingerprint density at radius 1 is 1.19 bits per heavy atom. The van der Waals surface area contributed by atoms with Crippen molar-refractivity contribution in [3.63, 3.8) is 0 Å². The normalized spacial score (nSPS) is 13.9. The van der Waals surface area contributed by atoms with Crippen LogP contribution in [0.25, 0.3) is 0 Å². The van der Waals surface area contributed by atoms with Gasteiger partial charge in [-0.1, -0.05) is 27.4 Å². The van der Waals surface area contributed by atoms with Crippen LogP contribution in [0.4, 0.5) is 0 Å². The topological polar surface area (TPSA) is 54.0 Å². The maximum atomic E-state index is 11.5. The summed E-state index contributed by atoms with van der Waals surface area (Å²) in [5.41, 5.74) is -0.149. The molecule has 1 radical (unpaired) electrons. The zero-order valence-corrected chi connectivity index (χ0v) is 14.2. The molecule has 0 heterocycles. The third-order valence-electron chi connectivity index (χ3n) is 2.32. The lowest BCUT2D eigenvalue weighted by Crippen LogP contribution is -2.35. The van der Waals surface area contributed by atoms with Crippen molar-refractivity contribution < 1.29 is 24.0 Å². The maximum Gasteiger partial charge on any atom is 0.335 e. The molecule has 21 heavy (non-hydrogen) atoms. The molecule has 0 N–H and O–H groups in total. The Morgan fingerprint density at radius 2 is 1.76 bits per heavy atom. The summed E-state index contributed by atoms with van der Waals surface area (Å²) in [6, 6.07) is 0. The predicted molar refractivity (Wildman–Crippen MR) is 81.2 cm³/mol. The molecule has 0 fully saturated rings. The first kappa shape index (κ1) is 20.1. The summed E-state index contributed by atoms with van der Waals surface area (Å²) in [5, 5.41) is 0. The molecule has 0 saturated heterocycles. The number of carbonyl (C=O) groups is 1. The van der Waals surface area contributed by atoms with Crippen LogP contribution in [-0.4, -0.2) is 31.1 Å². The van der Waals surface area contributed by atoms with E-state index in [1.807, 2.05) is 13.8 Å². The molecule has 0 amide bonds. The molecule has 0 rings (SSSR count). The van der Waals surface area contributed by atoms with Crippen molar-refractivity contribution in [1.82, 2.24) is 0 Å². The van der Waals surface area contributed by atoms with Crippen molar-refractivity contribution in [2.45, 2.75) is 59.9 Å². The minimum absolute atomic E-state index is 0.0497. The first-order valence-electron chi connectivity index (χ1n) is 7.05. The summed E-state index contributed by atoms with van der Waals surface area (Å²) in [5.74, 6) is -0.551. The van der Waals surface area contributed by atoms with E-state index in [2.05, 4.69) is 34.3 Å². The Bertz CT molecular complexity index is 341. The van der Waals surface area contributed by atoms with Gasteiger partial charge in [-0.05, 0) is 39.5 Å². The largest absolute Gasteiger partial charge is 0.427 e. The molecule has 0 aliphatic rings. The lowest BCUT2D eigenvalue weighted by Gasteiger charge is -2.32. The highest BCUT2D eigenvalue weighted by atomic mass is 17.2. The third-order valence-corrected chi connectivity index (χ3v) is 2.32. The molecule has 0 aliphatic carbocycles. The van der Waals surface area contributed by atoms with Crippen molar-refractivity contribution in [3.05, 3.63) is 19.1 Å². The number of ether oxygens (including phenoxy) is 2. The minimum Gasteiger partial charge on any atom is -0.427 e. The quantitative estimate of drug-likeness (QED) is 0.215. The standard InChI is InChI=1S/C16H29O5/c1-9-18-10-13(19-14(17)12(2)3)20-21-16(7,8)11-15(4,5)6/h13H,1-2,9-11H2,3-8H3. The third kappa shape index (κ3) is 10.5. The molecule has 1 unspecified atom stereocenters. The Morgan fingerprint density at radius 3 is 2.19 bits per heavy atom. The molecule has 0 aliphatic heterocycles. The van der Waals surface area contributed by atoms with Crippen LogP contribution in [0, 0.1) is 12.3 Å². The summed E-state index contributed by atoms with van der Waals surface area (Å²) >= 11 is 0. The molecule has 1 atom stereocenters. The molecule has 0 saturated carbocycles. The van der Waals surface area contributed by atoms with E-state index in [-0.39, 0.29) is 24.2 Å². The van der Waals surface area contributed by atoms with Gasteiger partial charge < -0.3 is 9.47 Å². The average molecular weight is 301 g/mol. The van der Waals surface area contributed by atoms with E-state index in [1.165, 1.54) is 0 Å². The van der Waals surface area contributed by atoms with Crippen LogP contribution in [0.1, 0.15) is 48.0 Å². The van der Waals surface area contributed by atoms with Gasteiger partial charge in [0, 0.05) is 12.2 Å². The summed E-state index contributed by atoms with van der Waals surface area (Å²) in [6.07, 6.45) is -0.174. The van der Waals surface area contributed by atoms with E-state index in [1.54, 1.807) is 6.92 Å². The van der Waals surface area contributed by atoms with Gasteiger partial charge in [-0.25, -0.2) is 9.68 Å². The highest BCUT2D eigenvalue weighted by Crippen LogP contribution is 2.29. The number of esters is 1. The Kier molecular flexibility index (Phi) is 8.14. The average Bonchev–Trinajstić information content (AvgIpc) is 2.29. The summed E-state index contributed by atoms with van der Waals surface area (Å²) in [4.78, 5) is 22.2. The van der Waals surface area contributed by atoms with Crippen molar-refractivity contribution in [2.75, 3.05) is 13.2 Å². The molecule has 0 aromatic rings. The van der Waals surface area contributed by atoms with Crippen molar-refractivity contribution >= 4 is 5.97 Å². The first-order valence-corrected chi connectivity index (χ1v) is 7.05. The first-order chi connectivity index (χ1) is 9.47. The second kappa shape index (κ2) is 8.51. The fourth-order valence-corrected chi connectivity index (χ4v) is 1.97. The molecule has 0 aromatic heterocycles. The van der Waals surface area contributed by atoms with Crippen LogP contribution >= 0.6 is 0 Å². The zero-order valence-electron chi connectivity index (χ0n) is 14.2. The summed E-state index contributed by atoms with van der Waals surface area (Å²) in [7, 11) is 0. The van der Waals surface area contributed by atoms with Crippen LogP contribution in [0.2, 0.25) is 0 Å². The highest BCUT2D eigenvalue weighted by Gasteiger charge is 2.29. The zero-order chi connectivity index (χ0) is 16.7. The van der Waals surface area contributed by atoms with Gasteiger partial charge in [-0.2, -0.15) is 4.89 Å². The van der Waals surface area contributed by atoms with Gasteiger partial charge >= 0.3 is 5.97 Å². The molecule has 0 aromatic carbocycles. The van der Waals surface area contributed by atoms with Crippen LogP contribution in [0.15, 0.2) is 12.2 Å². The summed E-state index contributed by atoms with van der Waals surface area (Å²) < 4.78 is 10.2. The fraction of sp³-hybridized carbons (Fsp3) is 0.750. The van der Waals surface area contributed by atoms with Crippen LogP contribution in [-0.2, 0) is 24.0 Å². The van der Waals surface area contributed by atoms with Crippen molar-refractivity contribution in [1.29, 1.82) is 0 Å². The monoisotopic (exact) mass is 301 g/mol. The van der Waals surface area contributed by atoms with Gasteiger partial charge in [-0.3, -0.25) is 0 Å². The van der Waals surface area contributed by atoms with E-state index in [0.29, 0.717) is 0 Å². The lowest BCUT2D eigenvalue weighted by molar-refractivity contribution is -0.419. The Hall–Kier alpha value is -0.910. The molecular weight excluding hydrogens is 272 g/mol. The van der Waals surface area contributed by atoms with Crippen LogP contribution in [0.5, 0.6) is 0 Å². The second-order valence-corrected chi connectivity index (χ2v) is 6.87. The predicted octanol–water partition coefficient (Wildman–Crippen LogP) is 3.45. The number of carbonyl (C=O) groups excluding carboxylic acids is 1. The molecule has 5 heteroatoms. The van der Waals surface area contributed by atoms with E-state index in [4.69, 9.17) is 19.2 Å².